The molecule has 6 rings (SSSR count). The van der Waals surface area contributed by atoms with E-state index in [0.717, 1.165) is 28.7 Å². The van der Waals surface area contributed by atoms with E-state index in [9.17, 15) is 24.0 Å². The lowest BCUT2D eigenvalue weighted by Crippen LogP contribution is -2.72. The SMILES string of the molecule is CC(C)(C)OC(=O)Nc1nc(/C(=N/OC(C)(C)C(=O)OC(C)(C)C)C(=O)N[C@@H]2C(=O)N[C@@H]2CNC(=O)c2coc(-c3cc(OCc4ccccc4)c(OCc4ccccc4)cn3)n2)cs1. The van der Waals surface area contributed by atoms with Crippen LogP contribution in [0.3, 0.4) is 0 Å². The van der Waals surface area contributed by atoms with E-state index >= 15 is 0 Å². The molecule has 1 aliphatic rings. The van der Waals surface area contributed by atoms with Crippen LogP contribution in [0.25, 0.3) is 11.6 Å². The van der Waals surface area contributed by atoms with E-state index in [0.29, 0.717) is 11.5 Å². The van der Waals surface area contributed by atoms with Gasteiger partial charge in [0.2, 0.25) is 17.4 Å². The summed E-state index contributed by atoms with van der Waals surface area (Å²) in [6.07, 6.45) is 1.88. The van der Waals surface area contributed by atoms with Gasteiger partial charge < -0.3 is 44.2 Å². The van der Waals surface area contributed by atoms with Crippen molar-refractivity contribution in [1.82, 2.24) is 30.9 Å². The second-order valence-electron chi connectivity index (χ2n) is 17.1. The Morgan fingerprint density at radius 2 is 1.46 bits per heavy atom. The van der Waals surface area contributed by atoms with Gasteiger partial charge in [0, 0.05) is 18.0 Å². The molecule has 0 aliphatic carbocycles. The molecule has 4 N–H and O–H groups in total. The van der Waals surface area contributed by atoms with E-state index in [1.165, 1.54) is 25.4 Å². The Balaban J connectivity index is 1.12. The highest BCUT2D eigenvalue weighted by atomic mass is 32.1. The van der Waals surface area contributed by atoms with Crippen molar-refractivity contribution in [2.75, 3.05) is 11.9 Å². The summed E-state index contributed by atoms with van der Waals surface area (Å²) in [5, 5.41) is 15.9. The Labute approximate surface area is 378 Å². The second-order valence-corrected chi connectivity index (χ2v) is 17.9. The zero-order valence-corrected chi connectivity index (χ0v) is 37.9. The van der Waals surface area contributed by atoms with Crippen LogP contribution in [0.5, 0.6) is 11.5 Å². The van der Waals surface area contributed by atoms with Gasteiger partial charge in [0.05, 0.1) is 12.2 Å². The van der Waals surface area contributed by atoms with Gasteiger partial charge in [-0.3, -0.25) is 19.7 Å². The average molecular weight is 911 g/mol. The number of hydrogen-bond donors (Lipinski definition) is 4. The van der Waals surface area contributed by atoms with Crippen LogP contribution in [-0.2, 0) is 41.9 Å². The van der Waals surface area contributed by atoms with Gasteiger partial charge in [-0.15, -0.1) is 11.3 Å². The third kappa shape index (κ3) is 13.3. The van der Waals surface area contributed by atoms with Crippen molar-refractivity contribution < 1.29 is 52.2 Å². The minimum Gasteiger partial charge on any atom is -0.485 e. The summed E-state index contributed by atoms with van der Waals surface area (Å²) >= 11 is 0.963. The van der Waals surface area contributed by atoms with Gasteiger partial charge in [0.15, 0.2) is 28.0 Å². The molecule has 0 spiro atoms. The fourth-order valence-electron chi connectivity index (χ4n) is 5.64. The second kappa shape index (κ2) is 20.0. The first-order valence-electron chi connectivity index (χ1n) is 20.4. The number of rotatable bonds is 17. The molecular formula is C45H50N8O11S. The minimum atomic E-state index is -1.66. The Morgan fingerprint density at radius 3 is 2.08 bits per heavy atom. The number of ether oxygens (including phenoxy) is 4. The van der Waals surface area contributed by atoms with Crippen LogP contribution in [0.1, 0.15) is 82.7 Å². The molecule has 0 bridgehead atoms. The first-order chi connectivity index (χ1) is 30.7. The molecule has 4 heterocycles. The summed E-state index contributed by atoms with van der Waals surface area (Å²) < 4.78 is 28.6. The molecule has 19 nitrogen and oxygen atoms in total. The van der Waals surface area contributed by atoms with E-state index < -0.39 is 64.4 Å². The number of oxazole rings is 1. The summed E-state index contributed by atoms with van der Waals surface area (Å²) in [6.45, 7) is 13.3. The van der Waals surface area contributed by atoms with Crippen LogP contribution in [-0.4, -0.2) is 85.9 Å². The zero-order valence-electron chi connectivity index (χ0n) is 37.0. The van der Waals surface area contributed by atoms with Gasteiger partial charge >= 0.3 is 12.1 Å². The molecule has 0 saturated carbocycles. The number of amides is 4. The molecule has 20 heteroatoms. The van der Waals surface area contributed by atoms with Crippen molar-refractivity contribution in [1.29, 1.82) is 0 Å². The number of nitrogens with zero attached hydrogens (tertiary/aromatic N) is 4. The maximum Gasteiger partial charge on any atom is 0.413 e. The van der Waals surface area contributed by atoms with E-state index in [1.54, 1.807) is 47.6 Å². The van der Waals surface area contributed by atoms with Gasteiger partial charge in [-0.1, -0.05) is 65.8 Å². The van der Waals surface area contributed by atoms with Crippen LogP contribution >= 0.6 is 11.3 Å². The highest BCUT2D eigenvalue weighted by Gasteiger charge is 2.42. The average Bonchev–Trinajstić information content (AvgIpc) is 3.93. The summed E-state index contributed by atoms with van der Waals surface area (Å²) in [6, 6.07) is 18.9. The molecule has 4 amide bonds. The lowest BCUT2D eigenvalue weighted by Gasteiger charge is -2.37. The molecule has 2 atom stereocenters. The minimum absolute atomic E-state index is 0.0341. The summed E-state index contributed by atoms with van der Waals surface area (Å²) in [4.78, 5) is 83.9. The van der Waals surface area contributed by atoms with Crippen molar-refractivity contribution in [2.24, 2.45) is 5.16 Å². The fraction of sp³-hybridized carbons (Fsp3) is 0.356. The number of benzene rings is 2. The maximum atomic E-state index is 13.8. The van der Waals surface area contributed by atoms with Crippen molar-refractivity contribution in [3.05, 3.63) is 107 Å². The zero-order chi connectivity index (χ0) is 46.9. The number of carbonyl (C=O) groups is 5. The molecule has 1 aliphatic heterocycles. The van der Waals surface area contributed by atoms with Gasteiger partial charge in [-0.05, 0) is 66.5 Å². The van der Waals surface area contributed by atoms with E-state index in [1.807, 2.05) is 60.7 Å². The lowest BCUT2D eigenvalue weighted by atomic mass is 9.98. The first-order valence-corrected chi connectivity index (χ1v) is 21.3. The normalized spacial score (nSPS) is 15.1. The number of pyridine rings is 1. The Kier molecular flexibility index (Phi) is 14.5. The monoisotopic (exact) mass is 910 g/mol. The molecule has 0 radical (unpaired) electrons. The van der Waals surface area contributed by atoms with Crippen LogP contribution < -0.4 is 30.7 Å². The number of β-lactam (4-membered cyclic amide) rings is 1. The molecule has 1 fully saturated rings. The van der Waals surface area contributed by atoms with Gasteiger partial charge in [0.1, 0.15) is 48.1 Å². The number of thiazole rings is 1. The predicted molar refractivity (Wildman–Crippen MR) is 237 cm³/mol. The quantitative estimate of drug-likeness (QED) is 0.0365. The standard InChI is InChI=1S/C45H50N8O11S/c1-43(2,3)62-40(57)45(7,8)64-53-35(31-25-65-41(50-31)52-42(58)63-44(4,5)6)38(56)51-34-29(48-37(34)55)20-47-36(54)30-24-61-39(49-30)28-19-32(59-22-26-15-11-9-12-16-26)33(21-46-28)60-23-27-17-13-10-14-18-27/h9-19,21,24-25,29,34H,20,22-23H2,1-8H3,(H,47,54)(H,48,55)(H,51,56)(H,50,52,58)/b53-35-/t29-,34+/m1/s1. The number of carbonyl (C=O) groups excluding carboxylic acids is 5. The number of anilines is 1. The molecule has 342 valence electrons. The molecule has 65 heavy (non-hydrogen) atoms. The number of hydrogen-bond acceptors (Lipinski definition) is 16. The fourth-order valence-corrected chi connectivity index (χ4v) is 6.32. The van der Waals surface area contributed by atoms with Crippen LogP contribution in [0.4, 0.5) is 9.93 Å². The molecule has 5 aromatic rings. The number of nitrogens with one attached hydrogen (secondary N) is 4. The molecule has 0 unspecified atom stereocenters. The topological polar surface area (TPSA) is 244 Å². The Morgan fingerprint density at radius 1 is 0.831 bits per heavy atom. The summed E-state index contributed by atoms with van der Waals surface area (Å²) in [5.41, 5.74) is -1.70. The first kappa shape index (κ1) is 47.1. The highest BCUT2D eigenvalue weighted by Crippen LogP contribution is 2.32. The van der Waals surface area contributed by atoms with Crippen LogP contribution in [0.2, 0.25) is 0 Å². The van der Waals surface area contributed by atoms with Gasteiger partial charge in [0.25, 0.3) is 11.8 Å². The summed E-state index contributed by atoms with van der Waals surface area (Å²) in [7, 11) is 0. The van der Waals surface area contributed by atoms with Crippen molar-refractivity contribution >= 4 is 52.0 Å². The molecule has 1 saturated heterocycles. The van der Waals surface area contributed by atoms with Gasteiger partial charge in [-0.2, -0.15) is 0 Å². The number of esters is 1. The Hall–Kier alpha value is -7.35. The van der Waals surface area contributed by atoms with E-state index in [2.05, 4.69) is 41.4 Å². The molecular weight excluding hydrogens is 861 g/mol. The lowest BCUT2D eigenvalue weighted by molar-refractivity contribution is -0.179. The smallest absolute Gasteiger partial charge is 0.413 e. The van der Waals surface area contributed by atoms with E-state index in [-0.39, 0.29) is 47.9 Å². The maximum absolute atomic E-state index is 13.8. The summed E-state index contributed by atoms with van der Waals surface area (Å²) in [5.74, 6) is -2.05. The largest absolute Gasteiger partial charge is 0.485 e. The van der Waals surface area contributed by atoms with Crippen LogP contribution in [0.15, 0.2) is 94.1 Å². The van der Waals surface area contributed by atoms with Crippen molar-refractivity contribution in [2.45, 2.75) is 97.5 Å². The Bertz CT molecular complexity index is 2530. The van der Waals surface area contributed by atoms with Crippen molar-refractivity contribution in [3.63, 3.8) is 0 Å². The van der Waals surface area contributed by atoms with E-state index in [4.69, 9.17) is 28.2 Å². The molecule has 3 aromatic heterocycles. The van der Waals surface area contributed by atoms with Crippen LogP contribution in [0, 0.1) is 0 Å². The predicted octanol–water partition coefficient (Wildman–Crippen LogP) is 5.95. The van der Waals surface area contributed by atoms with Crippen molar-refractivity contribution in [3.8, 4) is 23.1 Å². The van der Waals surface area contributed by atoms with Gasteiger partial charge in [-0.25, -0.2) is 24.5 Å². The third-order valence-corrected chi connectivity index (χ3v) is 9.63. The third-order valence-electron chi connectivity index (χ3n) is 8.87. The number of oxime groups is 1. The number of aromatic nitrogens is 3. The highest BCUT2D eigenvalue weighted by molar-refractivity contribution is 7.14. The molecule has 2 aromatic carbocycles.